The van der Waals surface area contributed by atoms with Gasteiger partial charge in [0.2, 0.25) is 11.8 Å². The number of nitrogens with one attached hydrogen (secondary N) is 2. The van der Waals surface area contributed by atoms with Gasteiger partial charge in [0.05, 0.1) is 5.02 Å². The zero-order chi connectivity index (χ0) is 21.2. The fourth-order valence-electron chi connectivity index (χ4n) is 2.66. The minimum atomic E-state index is -0.714. The van der Waals surface area contributed by atoms with Crippen molar-refractivity contribution in [2.45, 2.75) is 20.0 Å². The van der Waals surface area contributed by atoms with E-state index in [9.17, 15) is 14.7 Å². The van der Waals surface area contributed by atoms with Crippen molar-refractivity contribution in [1.29, 1.82) is 0 Å². The molecule has 2 amide bonds. The molecule has 0 saturated heterocycles. The number of amides is 2. The van der Waals surface area contributed by atoms with Crippen molar-refractivity contribution in [2.75, 3.05) is 36.5 Å². The molecule has 156 valence electrons. The van der Waals surface area contributed by atoms with E-state index in [0.29, 0.717) is 36.1 Å². The van der Waals surface area contributed by atoms with Crippen LogP contribution in [0.4, 0.5) is 11.4 Å². The Hall–Kier alpha value is -2.61. The number of carbonyl (C=O) groups is 2. The van der Waals surface area contributed by atoms with Crippen LogP contribution in [0.5, 0.6) is 5.75 Å². The van der Waals surface area contributed by atoms with Crippen LogP contribution < -0.4 is 20.3 Å². The van der Waals surface area contributed by atoms with Gasteiger partial charge in [-0.3, -0.25) is 9.59 Å². The third-order valence-corrected chi connectivity index (χ3v) is 4.35. The molecule has 0 fully saturated rings. The number of aliphatic hydroxyl groups excluding tert-OH is 1. The van der Waals surface area contributed by atoms with Gasteiger partial charge >= 0.3 is 0 Å². The summed E-state index contributed by atoms with van der Waals surface area (Å²) >= 11 is 6.01. The van der Waals surface area contributed by atoms with Gasteiger partial charge < -0.3 is 25.4 Å². The highest BCUT2D eigenvalue weighted by molar-refractivity contribution is 6.32. The van der Waals surface area contributed by atoms with Crippen LogP contribution in [0.2, 0.25) is 5.02 Å². The molecule has 2 aromatic rings. The summed E-state index contributed by atoms with van der Waals surface area (Å²) in [5, 5.41) is 16.3. The predicted octanol–water partition coefficient (Wildman–Crippen LogP) is 2.68. The van der Waals surface area contributed by atoms with Gasteiger partial charge in [-0.1, -0.05) is 23.7 Å². The Morgan fingerprint density at radius 1 is 1.14 bits per heavy atom. The predicted molar refractivity (Wildman–Crippen MR) is 115 cm³/mol. The second-order valence-corrected chi connectivity index (χ2v) is 6.91. The summed E-state index contributed by atoms with van der Waals surface area (Å²) in [6, 6.07) is 14.1. The summed E-state index contributed by atoms with van der Waals surface area (Å²) in [5.41, 5.74) is 1.40. The lowest BCUT2D eigenvalue weighted by atomic mass is 10.2. The van der Waals surface area contributed by atoms with Gasteiger partial charge in [-0.2, -0.15) is 0 Å². The molecular formula is C21H26ClN3O4. The zero-order valence-electron chi connectivity index (χ0n) is 16.5. The highest BCUT2D eigenvalue weighted by Crippen LogP contribution is 2.23. The SMILES string of the molecule is CC(=O)Nc1ccc(N(CCNCC(O)COc2ccccc2Cl)C(C)=O)cc1. The molecule has 1 atom stereocenters. The van der Waals surface area contributed by atoms with E-state index in [2.05, 4.69) is 10.6 Å². The molecule has 0 spiro atoms. The van der Waals surface area contributed by atoms with E-state index in [1.807, 2.05) is 6.07 Å². The zero-order valence-corrected chi connectivity index (χ0v) is 17.3. The topological polar surface area (TPSA) is 90.9 Å². The summed E-state index contributed by atoms with van der Waals surface area (Å²) in [6.07, 6.45) is -0.714. The molecule has 3 N–H and O–H groups in total. The number of benzene rings is 2. The van der Waals surface area contributed by atoms with Gasteiger partial charge in [0, 0.05) is 44.9 Å². The monoisotopic (exact) mass is 419 g/mol. The number of aliphatic hydroxyl groups is 1. The molecule has 1 unspecified atom stereocenters. The van der Waals surface area contributed by atoms with E-state index < -0.39 is 6.10 Å². The first-order valence-corrected chi connectivity index (χ1v) is 9.66. The molecule has 0 aliphatic rings. The molecule has 29 heavy (non-hydrogen) atoms. The average Bonchev–Trinajstić information content (AvgIpc) is 2.67. The van der Waals surface area contributed by atoms with Gasteiger partial charge in [0.1, 0.15) is 18.5 Å². The maximum absolute atomic E-state index is 12.0. The van der Waals surface area contributed by atoms with Crippen LogP contribution in [0.1, 0.15) is 13.8 Å². The Bertz CT molecular complexity index is 814. The smallest absolute Gasteiger partial charge is 0.223 e. The van der Waals surface area contributed by atoms with E-state index >= 15 is 0 Å². The van der Waals surface area contributed by atoms with Crippen LogP contribution in [-0.4, -0.2) is 49.3 Å². The maximum atomic E-state index is 12.0. The highest BCUT2D eigenvalue weighted by atomic mass is 35.5. The van der Waals surface area contributed by atoms with Gasteiger partial charge in [-0.25, -0.2) is 0 Å². The van der Waals surface area contributed by atoms with E-state index in [1.54, 1.807) is 47.4 Å². The first-order valence-electron chi connectivity index (χ1n) is 9.28. The lowest BCUT2D eigenvalue weighted by molar-refractivity contribution is -0.116. The fourth-order valence-corrected chi connectivity index (χ4v) is 2.85. The van der Waals surface area contributed by atoms with Crippen LogP contribution in [0.25, 0.3) is 0 Å². The van der Waals surface area contributed by atoms with Crippen LogP contribution in [0.3, 0.4) is 0 Å². The number of hydrogen-bond donors (Lipinski definition) is 3. The number of rotatable bonds is 10. The van der Waals surface area contributed by atoms with Crippen LogP contribution in [-0.2, 0) is 9.59 Å². The van der Waals surface area contributed by atoms with Gasteiger partial charge in [-0.05, 0) is 36.4 Å². The molecule has 0 bridgehead atoms. The van der Waals surface area contributed by atoms with Crippen molar-refractivity contribution in [3.8, 4) is 5.75 Å². The first-order chi connectivity index (χ1) is 13.9. The first kappa shape index (κ1) is 22.7. The van der Waals surface area contributed by atoms with Crippen LogP contribution in [0, 0.1) is 0 Å². The number of anilines is 2. The van der Waals surface area contributed by atoms with Crippen molar-refractivity contribution in [3.63, 3.8) is 0 Å². The number of ether oxygens (including phenoxy) is 1. The summed E-state index contributed by atoms with van der Waals surface area (Å²) in [6.45, 7) is 4.29. The molecule has 0 aliphatic carbocycles. The average molecular weight is 420 g/mol. The number of hydrogen-bond acceptors (Lipinski definition) is 5. The lowest BCUT2D eigenvalue weighted by Gasteiger charge is -2.22. The Labute approximate surface area is 175 Å². The van der Waals surface area contributed by atoms with Gasteiger partial charge in [0.25, 0.3) is 0 Å². The molecule has 0 aliphatic heterocycles. The minimum absolute atomic E-state index is 0.0957. The van der Waals surface area contributed by atoms with E-state index in [1.165, 1.54) is 13.8 Å². The van der Waals surface area contributed by atoms with Crippen molar-refractivity contribution < 1.29 is 19.4 Å². The van der Waals surface area contributed by atoms with Crippen molar-refractivity contribution in [2.24, 2.45) is 0 Å². The highest BCUT2D eigenvalue weighted by Gasteiger charge is 2.12. The number of halogens is 1. The quantitative estimate of drug-likeness (QED) is 0.515. The summed E-state index contributed by atoms with van der Waals surface area (Å²) < 4.78 is 5.51. The van der Waals surface area contributed by atoms with E-state index in [-0.39, 0.29) is 18.4 Å². The second kappa shape index (κ2) is 11.4. The van der Waals surface area contributed by atoms with E-state index in [0.717, 1.165) is 5.69 Å². The Morgan fingerprint density at radius 3 is 2.45 bits per heavy atom. The Kier molecular flexibility index (Phi) is 8.92. The lowest BCUT2D eigenvalue weighted by Crippen LogP contribution is -2.39. The maximum Gasteiger partial charge on any atom is 0.223 e. The molecule has 0 heterocycles. The molecular weight excluding hydrogens is 394 g/mol. The fraction of sp³-hybridized carbons (Fsp3) is 0.333. The third kappa shape index (κ3) is 7.73. The van der Waals surface area contributed by atoms with Crippen molar-refractivity contribution in [1.82, 2.24) is 5.32 Å². The molecule has 0 saturated carbocycles. The number of carbonyl (C=O) groups excluding carboxylic acids is 2. The summed E-state index contributed by atoms with van der Waals surface area (Å²) in [7, 11) is 0. The summed E-state index contributed by atoms with van der Waals surface area (Å²) in [5.74, 6) is 0.280. The number of para-hydroxylation sites is 1. The normalized spacial score (nSPS) is 11.6. The molecule has 0 aromatic heterocycles. The second-order valence-electron chi connectivity index (χ2n) is 6.50. The van der Waals surface area contributed by atoms with Crippen LogP contribution >= 0.6 is 11.6 Å². The van der Waals surface area contributed by atoms with Crippen molar-refractivity contribution >= 4 is 34.8 Å². The Morgan fingerprint density at radius 2 is 1.83 bits per heavy atom. The largest absolute Gasteiger partial charge is 0.489 e. The standard InChI is InChI=1S/C21H26ClN3O4/c1-15(26)24-17-7-9-18(10-8-17)25(16(2)27)12-11-23-13-19(28)14-29-21-6-4-3-5-20(21)22/h3-10,19,23,28H,11-14H2,1-2H3,(H,24,26). The molecule has 8 heteroatoms. The van der Waals surface area contributed by atoms with Gasteiger partial charge in [-0.15, -0.1) is 0 Å². The minimum Gasteiger partial charge on any atom is -0.489 e. The molecule has 0 radical (unpaired) electrons. The van der Waals surface area contributed by atoms with E-state index in [4.69, 9.17) is 16.3 Å². The van der Waals surface area contributed by atoms with Crippen molar-refractivity contribution in [3.05, 3.63) is 53.6 Å². The van der Waals surface area contributed by atoms with Gasteiger partial charge in [0.15, 0.2) is 0 Å². The van der Waals surface area contributed by atoms with Crippen LogP contribution in [0.15, 0.2) is 48.5 Å². The molecule has 7 nitrogen and oxygen atoms in total. The number of nitrogens with zero attached hydrogens (tertiary/aromatic N) is 1. The summed E-state index contributed by atoms with van der Waals surface area (Å²) in [4.78, 5) is 24.7. The molecule has 2 aromatic carbocycles. The molecule has 2 rings (SSSR count). The Balaban J connectivity index is 1.77. The third-order valence-electron chi connectivity index (χ3n) is 4.04.